The van der Waals surface area contributed by atoms with Gasteiger partial charge in [-0.15, -0.1) is 0 Å². The number of aliphatic hydroxyl groups is 3. The van der Waals surface area contributed by atoms with Crippen LogP contribution in [0.5, 0.6) is 0 Å². The number of allylic oxidation sites excluding steroid dienone is 1. The highest BCUT2D eigenvalue weighted by Crippen LogP contribution is 2.81. The van der Waals surface area contributed by atoms with Gasteiger partial charge in [-0.05, 0) is 90.9 Å². The first-order valence-corrected chi connectivity index (χ1v) is 20.6. The summed E-state index contributed by atoms with van der Waals surface area (Å²) >= 11 is 0. The lowest BCUT2D eigenvalue weighted by atomic mass is 9.43. The van der Waals surface area contributed by atoms with Crippen molar-refractivity contribution < 1.29 is 72.4 Å². The number of carbonyl (C=O) groups is 4. The predicted molar refractivity (Wildman–Crippen MR) is 200 cm³/mol. The third-order valence-electron chi connectivity index (χ3n) is 15.1. The van der Waals surface area contributed by atoms with Gasteiger partial charge in [0.25, 0.3) is 0 Å². The normalized spacial score (nSPS) is 45.2. The second-order valence-corrected chi connectivity index (χ2v) is 18.0. The van der Waals surface area contributed by atoms with Gasteiger partial charge in [0.2, 0.25) is 0 Å². The van der Waals surface area contributed by atoms with E-state index in [0.29, 0.717) is 44.1 Å². The quantitative estimate of drug-likeness (QED) is 0.106. The molecule has 15 heteroatoms. The molecular weight excluding hydrogens is 744 g/mol. The van der Waals surface area contributed by atoms with E-state index in [2.05, 4.69) is 6.92 Å². The molecule has 3 unspecified atom stereocenters. The number of hydrogen-bond donors (Lipinski definition) is 3. The number of Topliss-reactive ketones (excluding diaryl/α,β-unsaturated/α-hetero) is 1. The Balaban J connectivity index is 1.21. The van der Waals surface area contributed by atoms with Crippen LogP contribution in [0.25, 0.3) is 0 Å². The van der Waals surface area contributed by atoms with Gasteiger partial charge >= 0.3 is 17.9 Å². The standard InChI is InChI=1S/C42H64O15/c1-11-20(2)37(49)55-34-35-39(7)15-13-26(54-29(46)19-28(50-9)32(22(4)44)56-38-31(48)33(51-10)30(47)23(5)52-38)18-25(39)12-16-41(35)42(57-41)17-14-27(21(3)43)40(42,8)36(34)53-24(6)45/h11,22-23,25-28,30-36,38,44,47-48H,12-19H2,1-10H3/b20-11+/t22?,23-,25+,26+,27-,28?,30-,31-,32?,33-,34+,35-,36-,38+,39+,40+,41+,42-/m1/s1. The zero-order valence-electron chi connectivity index (χ0n) is 35.1. The van der Waals surface area contributed by atoms with Crippen molar-refractivity contribution >= 4 is 23.7 Å². The van der Waals surface area contributed by atoms with Gasteiger partial charge in [-0.25, -0.2) is 4.79 Å². The van der Waals surface area contributed by atoms with Crippen LogP contribution in [0.15, 0.2) is 11.6 Å². The predicted octanol–water partition coefficient (Wildman–Crippen LogP) is 3.10. The Morgan fingerprint density at radius 3 is 2.23 bits per heavy atom. The largest absolute Gasteiger partial charge is 0.462 e. The average molecular weight is 809 g/mol. The minimum absolute atomic E-state index is 0.0105. The summed E-state index contributed by atoms with van der Waals surface area (Å²) in [6, 6.07) is 0. The molecule has 0 amide bonds. The van der Waals surface area contributed by atoms with Gasteiger partial charge < -0.3 is 53.2 Å². The molecular formula is C42H64O15. The van der Waals surface area contributed by atoms with Crippen LogP contribution < -0.4 is 0 Å². The fourth-order valence-corrected chi connectivity index (χ4v) is 12.1. The molecule has 6 aliphatic rings. The van der Waals surface area contributed by atoms with E-state index in [1.165, 1.54) is 28.1 Å². The van der Waals surface area contributed by atoms with Crippen molar-refractivity contribution in [1.29, 1.82) is 0 Å². The van der Waals surface area contributed by atoms with Gasteiger partial charge in [0.1, 0.15) is 59.7 Å². The van der Waals surface area contributed by atoms with Crippen LogP contribution in [0, 0.1) is 28.6 Å². The van der Waals surface area contributed by atoms with Crippen LogP contribution in [0.2, 0.25) is 0 Å². The Bertz CT molecular complexity index is 1580. The summed E-state index contributed by atoms with van der Waals surface area (Å²) in [6.45, 7) is 13.6. The molecule has 6 fully saturated rings. The smallest absolute Gasteiger partial charge is 0.333 e. The van der Waals surface area contributed by atoms with Crippen molar-refractivity contribution in [1.82, 2.24) is 0 Å². The SMILES string of the molecule is C/C=C(\C)C(=O)O[C@@H]1[C@@H](OC(C)=O)[C@]2(C)[C@@H](C(C)=O)CC[C@@]23O[C@]32CC[C@H]3C[C@@H](OC(=O)CC(OC)C(O[C@@H]4O[C@H](C)[C@@H](O)[C@@H](OC)[C@H]4O)C(C)O)CC[C@]3(C)[C@@H]12. The maximum atomic E-state index is 13.6. The summed E-state index contributed by atoms with van der Waals surface area (Å²) in [5.41, 5.74) is -2.39. The van der Waals surface area contributed by atoms with Gasteiger partial charge in [0.15, 0.2) is 6.29 Å². The van der Waals surface area contributed by atoms with Crippen LogP contribution in [0.1, 0.15) is 107 Å². The third-order valence-corrected chi connectivity index (χ3v) is 15.1. The number of fused-ring (bicyclic) bond motifs is 2. The fraction of sp³-hybridized carbons (Fsp3) is 0.857. The Morgan fingerprint density at radius 1 is 0.930 bits per heavy atom. The zero-order chi connectivity index (χ0) is 42.0. The number of epoxide rings is 1. The molecule has 4 aliphatic carbocycles. The van der Waals surface area contributed by atoms with Gasteiger partial charge in [-0.2, -0.15) is 0 Å². The first-order chi connectivity index (χ1) is 26.8. The number of rotatable bonds is 13. The average Bonchev–Trinajstić information content (AvgIpc) is 3.70. The maximum Gasteiger partial charge on any atom is 0.333 e. The van der Waals surface area contributed by atoms with E-state index in [1.807, 2.05) is 6.92 Å². The third kappa shape index (κ3) is 7.09. The minimum Gasteiger partial charge on any atom is -0.462 e. The number of ketones is 1. The van der Waals surface area contributed by atoms with Gasteiger partial charge in [-0.1, -0.05) is 19.9 Å². The molecule has 4 saturated carbocycles. The molecule has 2 aliphatic heterocycles. The number of methoxy groups -OCH3 is 2. The van der Waals surface area contributed by atoms with Gasteiger partial charge in [-0.3, -0.25) is 14.4 Å². The summed E-state index contributed by atoms with van der Waals surface area (Å²) in [4.78, 5) is 53.3. The summed E-state index contributed by atoms with van der Waals surface area (Å²) in [6.07, 6.45) is -5.27. The van der Waals surface area contributed by atoms with E-state index in [4.69, 9.17) is 37.9 Å². The molecule has 3 N–H and O–H groups in total. The first kappa shape index (κ1) is 44.1. The lowest BCUT2D eigenvalue weighted by Crippen LogP contribution is -2.70. The monoisotopic (exact) mass is 808 g/mol. The van der Waals surface area contributed by atoms with Crippen LogP contribution in [-0.2, 0) is 57.1 Å². The van der Waals surface area contributed by atoms with Crippen molar-refractivity contribution in [2.75, 3.05) is 14.2 Å². The van der Waals surface area contributed by atoms with E-state index >= 15 is 0 Å². The summed E-state index contributed by atoms with van der Waals surface area (Å²) in [5, 5.41) is 31.9. The van der Waals surface area contributed by atoms with E-state index in [0.717, 1.165) is 6.42 Å². The Morgan fingerprint density at radius 2 is 1.63 bits per heavy atom. The topological polar surface area (TPSA) is 206 Å². The van der Waals surface area contributed by atoms with Crippen molar-refractivity contribution in [3.05, 3.63) is 11.6 Å². The zero-order valence-corrected chi connectivity index (χ0v) is 35.1. The second kappa shape index (κ2) is 16.2. The molecule has 0 aromatic rings. The summed E-state index contributed by atoms with van der Waals surface area (Å²) in [7, 11) is 2.74. The molecule has 2 spiro atoms. The molecule has 0 bridgehead atoms. The number of aliphatic hydroxyl groups excluding tert-OH is 3. The molecule has 15 nitrogen and oxygen atoms in total. The fourth-order valence-electron chi connectivity index (χ4n) is 12.1. The number of ether oxygens (including phenoxy) is 8. The van der Waals surface area contributed by atoms with E-state index in [-0.39, 0.29) is 24.0 Å². The summed E-state index contributed by atoms with van der Waals surface area (Å²) < 4.78 is 48.4. The number of esters is 3. The van der Waals surface area contributed by atoms with Crippen LogP contribution >= 0.6 is 0 Å². The van der Waals surface area contributed by atoms with Crippen LogP contribution in [0.4, 0.5) is 0 Å². The Kier molecular flexibility index (Phi) is 12.5. The summed E-state index contributed by atoms with van der Waals surface area (Å²) in [5.74, 6) is -2.38. The Labute approximate surface area is 335 Å². The van der Waals surface area contributed by atoms with E-state index < -0.39 is 113 Å². The van der Waals surface area contributed by atoms with Crippen LogP contribution in [-0.4, -0.2) is 132 Å². The Hall–Kier alpha value is -2.50. The van der Waals surface area contributed by atoms with E-state index in [1.54, 1.807) is 33.8 Å². The van der Waals surface area contributed by atoms with Crippen LogP contribution in [0.3, 0.4) is 0 Å². The van der Waals surface area contributed by atoms with Crippen molar-refractivity contribution in [3.8, 4) is 0 Å². The highest BCUT2D eigenvalue weighted by atomic mass is 16.7. The van der Waals surface area contributed by atoms with Crippen molar-refractivity contribution in [2.24, 2.45) is 28.6 Å². The highest BCUT2D eigenvalue weighted by molar-refractivity contribution is 5.88. The molecule has 0 radical (unpaired) electrons. The highest BCUT2D eigenvalue weighted by Gasteiger charge is 2.91. The molecule has 322 valence electrons. The second-order valence-electron chi connectivity index (χ2n) is 18.0. The minimum atomic E-state index is -1.38. The van der Waals surface area contributed by atoms with Crippen molar-refractivity contribution in [2.45, 2.75) is 185 Å². The van der Waals surface area contributed by atoms with E-state index in [9.17, 15) is 34.5 Å². The lowest BCUT2D eigenvalue weighted by molar-refractivity contribution is -0.320. The molecule has 57 heavy (non-hydrogen) atoms. The lowest BCUT2D eigenvalue weighted by Gasteiger charge is -2.61. The molecule has 0 aromatic carbocycles. The molecule has 2 heterocycles. The van der Waals surface area contributed by atoms with Gasteiger partial charge in [0.05, 0.1) is 24.7 Å². The first-order valence-electron chi connectivity index (χ1n) is 20.6. The molecule has 6 rings (SSSR count). The number of hydrogen-bond acceptors (Lipinski definition) is 15. The maximum absolute atomic E-state index is 13.6. The molecule has 2 saturated heterocycles. The van der Waals surface area contributed by atoms with Gasteiger partial charge in [0, 0.05) is 44.0 Å². The number of carbonyl (C=O) groups excluding carboxylic acids is 4. The van der Waals surface area contributed by atoms with Crippen molar-refractivity contribution in [3.63, 3.8) is 0 Å². The molecule has 0 aromatic heterocycles. The molecule has 18 atom stereocenters.